The van der Waals surface area contributed by atoms with Gasteiger partial charge in [-0.15, -0.1) is 0 Å². The minimum Gasteiger partial charge on any atom is -0.489 e. The number of carbonyl (C=O) groups is 2. The Labute approximate surface area is 188 Å². The Morgan fingerprint density at radius 2 is 2.00 bits per heavy atom. The molecule has 2 aliphatic rings. The number of hydrogen-bond donors (Lipinski definition) is 2. The Morgan fingerprint density at radius 1 is 1.19 bits per heavy atom. The van der Waals surface area contributed by atoms with Crippen molar-refractivity contribution in [1.82, 2.24) is 15.6 Å². The molecule has 0 atom stereocenters. The van der Waals surface area contributed by atoms with Crippen molar-refractivity contribution in [3.05, 3.63) is 47.7 Å². The third-order valence-electron chi connectivity index (χ3n) is 6.00. The van der Waals surface area contributed by atoms with Crippen LogP contribution < -0.4 is 20.3 Å². The molecule has 1 aliphatic heterocycles. The SMILES string of the molecule is CNC(=O)COC1CCC(NC(=O)c2cccc3c2OCCN3c2ccc(C)cn2)CC1. The van der Waals surface area contributed by atoms with Crippen LogP contribution in [0.3, 0.4) is 0 Å². The largest absolute Gasteiger partial charge is 0.489 e. The molecular weight excluding hydrogens is 408 g/mol. The number of pyridine rings is 1. The molecule has 32 heavy (non-hydrogen) atoms. The number of fused-ring (bicyclic) bond motifs is 1. The fourth-order valence-corrected chi connectivity index (χ4v) is 4.19. The van der Waals surface area contributed by atoms with E-state index >= 15 is 0 Å². The number of amides is 2. The highest BCUT2D eigenvalue weighted by Gasteiger charge is 2.28. The molecule has 1 aromatic heterocycles. The molecule has 4 rings (SSSR count). The minimum absolute atomic E-state index is 0.0591. The van der Waals surface area contributed by atoms with E-state index in [2.05, 4.69) is 20.5 Å². The lowest BCUT2D eigenvalue weighted by Gasteiger charge is -2.32. The first-order chi connectivity index (χ1) is 15.5. The van der Waals surface area contributed by atoms with Gasteiger partial charge in [-0.2, -0.15) is 0 Å². The second-order valence-corrected chi connectivity index (χ2v) is 8.28. The molecular formula is C24H30N4O4. The van der Waals surface area contributed by atoms with E-state index in [0.29, 0.717) is 24.5 Å². The third kappa shape index (κ3) is 5.02. The number of likely N-dealkylation sites (N-methyl/N-ethyl adjacent to an activating group) is 1. The number of aryl methyl sites for hydroxylation is 1. The van der Waals surface area contributed by atoms with E-state index in [1.165, 1.54) is 0 Å². The standard InChI is InChI=1S/C24H30N4O4/c1-16-6-11-21(26-14-16)28-12-13-31-23-19(4-3-5-20(23)28)24(30)27-17-7-9-18(10-8-17)32-15-22(29)25-2/h3-6,11,14,17-18H,7-10,12-13,15H2,1-2H3,(H,25,29)(H,27,30). The smallest absolute Gasteiger partial charge is 0.255 e. The van der Waals surface area contributed by atoms with Crippen LogP contribution in [0.25, 0.3) is 0 Å². The van der Waals surface area contributed by atoms with Crippen molar-refractivity contribution in [2.24, 2.45) is 0 Å². The Kier molecular flexibility index (Phi) is 6.90. The Morgan fingerprint density at radius 3 is 2.72 bits per heavy atom. The summed E-state index contributed by atoms with van der Waals surface area (Å²) in [6, 6.07) is 9.74. The van der Waals surface area contributed by atoms with E-state index in [1.807, 2.05) is 37.4 Å². The van der Waals surface area contributed by atoms with Gasteiger partial charge in [-0.05, 0) is 56.4 Å². The van der Waals surface area contributed by atoms with Gasteiger partial charge >= 0.3 is 0 Å². The molecule has 1 saturated carbocycles. The van der Waals surface area contributed by atoms with Crippen molar-refractivity contribution < 1.29 is 19.1 Å². The minimum atomic E-state index is -0.129. The summed E-state index contributed by atoms with van der Waals surface area (Å²) in [7, 11) is 1.60. The summed E-state index contributed by atoms with van der Waals surface area (Å²) >= 11 is 0. The van der Waals surface area contributed by atoms with Crippen LogP contribution in [-0.2, 0) is 9.53 Å². The molecule has 0 saturated heterocycles. The molecule has 0 unspecified atom stereocenters. The number of nitrogens with one attached hydrogen (secondary N) is 2. The van der Waals surface area contributed by atoms with Crippen LogP contribution in [0.15, 0.2) is 36.5 Å². The molecule has 2 aromatic rings. The average molecular weight is 439 g/mol. The Bertz CT molecular complexity index is 955. The highest BCUT2D eigenvalue weighted by atomic mass is 16.5. The molecule has 2 amide bonds. The Hall–Kier alpha value is -3.13. The van der Waals surface area contributed by atoms with Gasteiger partial charge in [-0.1, -0.05) is 12.1 Å². The van der Waals surface area contributed by atoms with E-state index in [0.717, 1.165) is 42.8 Å². The van der Waals surface area contributed by atoms with E-state index in [-0.39, 0.29) is 30.6 Å². The molecule has 8 heteroatoms. The van der Waals surface area contributed by atoms with Crippen LogP contribution in [0, 0.1) is 6.92 Å². The van der Waals surface area contributed by atoms with E-state index in [9.17, 15) is 9.59 Å². The van der Waals surface area contributed by atoms with Gasteiger partial charge in [0, 0.05) is 19.3 Å². The van der Waals surface area contributed by atoms with Crippen molar-refractivity contribution in [3.8, 4) is 5.75 Å². The number of benzene rings is 1. The lowest BCUT2D eigenvalue weighted by atomic mass is 9.92. The molecule has 2 heterocycles. The van der Waals surface area contributed by atoms with Gasteiger partial charge in [-0.3, -0.25) is 9.59 Å². The topological polar surface area (TPSA) is 92.8 Å². The summed E-state index contributed by atoms with van der Waals surface area (Å²) in [6.45, 7) is 3.25. The lowest BCUT2D eigenvalue weighted by Crippen LogP contribution is -2.40. The second kappa shape index (κ2) is 9.99. The molecule has 170 valence electrons. The lowest BCUT2D eigenvalue weighted by molar-refractivity contribution is -0.127. The second-order valence-electron chi connectivity index (χ2n) is 8.28. The normalized spacial score (nSPS) is 20.1. The molecule has 0 bridgehead atoms. The van der Waals surface area contributed by atoms with Crippen LogP contribution >= 0.6 is 0 Å². The van der Waals surface area contributed by atoms with Crippen molar-refractivity contribution in [1.29, 1.82) is 0 Å². The van der Waals surface area contributed by atoms with Gasteiger partial charge in [0.1, 0.15) is 19.0 Å². The summed E-state index contributed by atoms with van der Waals surface area (Å²) < 4.78 is 11.6. The summed E-state index contributed by atoms with van der Waals surface area (Å²) in [5, 5.41) is 5.71. The van der Waals surface area contributed by atoms with Crippen LogP contribution in [0.2, 0.25) is 0 Å². The third-order valence-corrected chi connectivity index (χ3v) is 6.00. The number of rotatable bonds is 6. The number of carbonyl (C=O) groups excluding carboxylic acids is 2. The summed E-state index contributed by atoms with van der Waals surface area (Å²) in [4.78, 5) is 31.1. The summed E-state index contributed by atoms with van der Waals surface area (Å²) in [5.74, 6) is 1.19. The van der Waals surface area contributed by atoms with Gasteiger partial charge in [-0.25, -0.2) is 4.98 Å². The van der Waals surface area contributed by atoms with Crippen LogP contribution in [0.1, 0.15) is 41.6 Å². The first-order valence-electron chi connectivity index (χ1n) is 11.1. The van der Waals surface area contributed by atoms with Crippen LogP contribution in [-0.4, -0.2) is 55.8 Å². The van der Waals surface area contributed by atoms with E-state index in [1.54, 1.807) is 13.1 Å². The van der Waals surface area contributed by atoms with Gasteiger partial charge in [0.05, 0.1) is 23.9 Å². The maximum absolute atomic E-state index is 13.1. The van der Waals surface area contributed by atoms with Crippen molar-refractivity contribution in [3.63, 3.8) is 0 Å². The Balaban J connectivity index is 1.40. The van der Waals surface area contributed by atoms with Gasteiger partial charge in [0.2, 0.25) is 5.91 Å². The molecule has 8 nitrogen and oxygen atoms in total. The number of hydrogen-bond acceptors (Lipinski definition) is 6. The molecule has 1 aliphatic carbocycles. The number of aromatic nitrogens is 1. The fourth-order valence-electron chi connectivity index (χ4n) is 4.19. The van der Waals surface area contributed by atoms with Crippen LogP contribution in [0.4, 0.5) is 11.5 Å². The average Bonchev–Trinajstić information content (AvgIpc) is 2.83. The molecule has 2 N–H and O–H groups in total. The zero-order valence-electron chi connectivity index (χ0n) is 18.6. The molecule has 1 fully saturated rings. The summed E-state index contributed by atoms with van der Waals surface area (Å²) in [5.41, 5.74) is 2.49. The van der Waals surface area contributed by atoms with Crippen molar-refractivity contribution in [2.75, 3.05) is 31.7 Å². The fraction of sp³-hybridized carbons (Fsp3) is 0.458. The zero-order chi connectivity index (χ0) is 22.5. The van der Waals surface area contributed by atoms with Crippen LogP contribution in [0.5, 0.6) is 5.75 Å². The van der Waals surface area contributed by atoms with Crippen molar-refractivity contribution >= 4 is 23.3 Å². The van der Waals surface area contributed by atoms with Gasteiger partial charge in [0.25, 0.3) is 5.91 Å². The summed E-state index contributed by atoms with van der Waals surface area (Å²) in [6.07, 6.45) is 5.18. The van der Waals surface area contributed by atoms with Gasteiger partial charge in [0.15, 0.2) is 5.75 Å². The maximum Gasteiger partial charge on any atom is 0.255 e. The maximum atomic E-state index is 13.1. The highest BCUT2D eigenvalue weighted by Crippen LogP contribution is 2.38. The number of ether oxygens (including phenoxy) is 2. The molecule has 1 aromatic carbocycles. The predicted octanol–water partition coefficient (Wildman–Crippen LogP) is 2.72. The predicted molar refractivity (Wildman–Crippen MR) is 121 cm³/mol. The number of nitrogens with zero attached hydrogens (tertiary/aromatic N) is 2. The van der Waals surface area contributed by atoms with E-state index in [4.69, 9.17) is 9.47 Å². The monoisotopic (exact) mass is 438 g/mol. The van der Waals surface area contributed by atoms with E-state index < -0.39 is 0 Å². The first-order valence-corrected chi connectivity index (χ1v) is 11.1. The quantitative estimate of drug-likeness (QED) is 0.721. The number of anilines is 2. The first kappa shape index (κ1) is 22.1. The van der Waals surface area contributed by atoms with Gasteiger partial charge < -0.3 is 25.0 Å². The van der Waals surface area contributed by atoms with Crippen molar-refractivity contribution in [2.45, 2.75) is 44.8 Å². The number of para-hydroxylation sites is 1. The zero-order valence-corrected chi connectivity index (χ0v) is 18.6. The molecule has 0 spiro atoms. The molecule has 0 radical (unpaired) electrons. The highest BCUT2D eigenvalue weighted by molar-refractivity contribution is 5.99.